The number of rotatable bonds is 9. The van der Waals surface area contributed by atoms with E-state index in [0.717, 1.165) is 29.6 Å². The summed E-state index contributed by atoms with van der Waals surface area (Å²) in [5.41, 5.74) is 4.38. The monoisotopic (exact) mass is 454 g/mol. The number of anilines is 1. The standard InChI is InChI=1S/C31H54N2/c1-20(2)25-16-12-17-26(21(3)4)29(25)32-31(24-14-10-9-11-15-24)33-30-27(22(5)6)18-13-19-28(30)23(7)8/h12,16-17,20-24,27-28,30-33H,9-11,13-15,18-19H2,1-8H3. The van der Waals surface area contributed by atoms with Crippen LogP contribution in [0.4, 0.5) is 5.69 Å². The molecule has 2 aliphatic carbocycles. The van der Waals surface area contributed by atoms with Crippen LogP contribution in [0.5, 0.6) is 0 Å². The zero-order chi connectivity index (χ0) is 24.1. The Morgan fingerprint density at radius 2 is 1.18 bits per heavy atom. The summed E-state index contributed by atoms with van der Waals surface area (Å²) in [6.45, 7) is 19.2. The predicted octanol–water partition coefficient (Wildman–Crippen LogP) is 8.94. The van der Waals surface area contributed by atoms with Crippen molar-refractivity contribution in [2.75, 3.05) is 5.32 Å². The lowest BCUT2D eigenvalue weighted by atomic mass is 9.68. The minimum Gasteiger partial charge on any atom is -0.369 e. The normalized spacial score (nSPS) is 25.9. The summed E-state index contributed by atoms with van der Waals surface area (Å²) >= 11 is 0. The van der Waals surface area contributed by atoms with E-state index in [2.05, 4.69) is 84.2 Å². The first-order valence-electron chi connectivity index (χ1n) is 14.4. The van der Waals surface area contributed by atoms with Crippen LogP contribution in [-0.4, -0.2) is 12.2 Å². The molecule has 0 bridgehead atoms. The van der Waals surface area contributed by atoms with Crippen LogP contribution in [-0.2, 0) is 0 Å². The first-order valence-corrected chi connectivity index (χ1v) is 14.4. The lowest BCUT2D eigenvalue weighted by Gasteiger charge is -2.46. The van der Waals surface area contributed by atoms with Crippen molar-refractivity contribution in [3.05, 3.63) is 29.3 Å². The second kappa shape index (κ2) is 12.1. The van der Waals surface area contributed by atoms with E-state index in [4.69, 9.17) is 0 Å². The third-order valence-electron chi connectivity index (χ3n) is 8.88. The van der Waals surface area contributed by atoms with Gasteiger partial charge in [-0.25, -0.2) is 0 Å². The molecular weight excluding hydrogens is 400 g/mol. The Morgan fingerprint density at radius 3 is 1.64 bits per heavy atom. The van der Waals surface area contributed by atoms with Crippen LogP contribution in [0.1, 0.15) is 130 Å². The summed E-state index contributed by atoms with van der Waals surface area (Å²) in [7, 11) is 0. The minimum absolute atomic E-state index is 0.369. The van der Waals surface area contributed by atoms with Gasteiger partial charge in [0.2, 0.25) is 0 Å². The molecule has 0 aromatic heterocycles. The summed E-state index contributed by atoms with van der Waals surface area (Å²) in [5, 5.41) is 8.56. The molecule has 0 aliphatic heterocycles. The fraction of sp³-hybridized carbons (Fsp3) is 0.806. The van der Waals surface area contributed by atoms with Gasteiger partial charge in [-0.1, -0.05) is 99.3 Å². The molecule has 2 nitrogen and oxygen atoms in total. The topological polar surface area (TPSA) is 24.1 Å². The first-order chi connectivity index (χ1) is 15.7. The molecule has 2 N–H and O–H groups in total. The van der Waals surface area contributed by atoms with E-state index in [0.29, 0.717) is 24.0 Å². The van der Waals surface area contributed by atoms with Gasteiger partial charge in [-0.2, -0.15) is 0 Å². The van der Waals surface area contributed by atoms with E-state index in [1.165, 1.54) is 68.2 Å². The highest BCUT2D eigenvalue weighted by molar-refractivity contribution is 5.60. The molecule has 1 aromatic carbocycles. The van der Waals surface area contributed by atoms with Crippen LogP contribution in [0.15, 0.2) is 18.2 Å². The van der Waals surface area contributed by atoms with Crippen molar-refractivity contribution in [3.8, 4) is 0 Å². The van der Waals surface area contributed by atoms with Gasteiger partial charge >= 0.3 is 0 Å². The van der Waals surface area contributed by atoms with Gasteiger partial charge in [0.1, 0.15) is 0 Å². The zero-order valence-corrected chi connectivity index (χ0v) is 23.1. The molecule has 2 saturated carbocycles. The van der Waals surface area contributed by atoms with E-state index in [1.54, 1.807) is 0 Å². The van der Waals surface area contributed by atoms with Crippen molar-refractivity contribution in [2.24, 2.45) is 29.6 Å². The third kappa shape index (κ3) is 6.56. The Labute approximate surface area is 206 Å². The van der Waals surface area contributed by atoms with E-state index < -0.39 is 0 Å². The van der Waals surface area contributed by atoms with Crippen LogP contribution in [0, 0.1) is 29.6 Å². The molecule has 2 aliphatic rings. The highest BCUT2D eigenvalue weighted by atomic mass is 15.2. The Hall–Kier alpha value is -1.02. The van der Waals surface area contributed by atoms with Gasteiger partial charge < -0.3 is 5.32 Å². The van der Waals surface area contributed by atoms with Crippen LogP contribution in [0.3, 0.4) is 0 Å². The largest absolute Gasteiger partial charge is 0.369 e. The van der Waals surface area contributed by atoms with Crippen molar-refractivity contribution in [1.82, 2.24) is 5.32 Å². The third-order valence-corrected chi connectivity index (χ3v) is 8.88. The van der Waals surface area contributed by atoms with Gasteiger partial charge in [0.25, 0.3) is 0 Å². The van der Waals surface area contributed by atoms with Gasteiger partial charge in [-0.05, 0) is 78.2 Å². The average Bonchev–Trinajstić information content (AvgIpc) is 2.78. The van der Waals surface area contributed by atoms with Crippen molar-refractivity contribution >= 4 is 5.69 Å². The highest BCUT2D eigenvalue weighted by Gasteiger charge is 2.39. The molecule has 0 radical (unpaired) electrons. The SMILES string of the molecule is CC(C)c1cccc(C(C)C)c1NC(NC1C(C(C)C)CCCC1C(C)C)C1CCCCC1. The van der Waals surface area contributed by atoms with E-state index in [9.17, 15) is 0 Å². The molecule has 33 heavy (non-hydrogen) atoms. The summed E-state index contributed by atoms with van der Waals surface area (Å²) in [4.78, 5) is 0. The molecule has 188 valence electrons. The quantitative estimate of drug-likeness (QED) is 0.364. The molecule has 0 spiro atoms. The van der Waals surface area contributed by atoms with Gasteiger partial charge in [-0.15, -0.1) is 0 Å². The van der Waals surface area contributed by atoms with Crippen LogP contribution < -0.4 is 10.6 Å². The molecule has 0 amide bonds. The number of benzene rings is 1. The molecule has 3 unspecified atom stereocenters. The molecule has 2 fully saturated rings. The van der Waals surface area contributed by atoms with E-state index in [-0.39, 0.29) is 0 Å². The maximum Gasteiger partial charge on any atom is 0.0799 e. The maximum atomic E-state index is 4.36. The lowest BCUT2D eigenvalue weighted by Crippen LogP contribution is -2.56. The number of hydrogen-bond donors (Lipinski definition) is 2. The zero-order valence-electron chi connectivity index (χ0n) is 23.1. The van der Waals surface area contributed by atoms with Crippen LogP contribution in [0.25, 0.3) is 0 Å². The average molecular weight is 455 g/mol. The maximum absolute atomic E-state index is 4.36. The molecule has 2 heteroatoms. The van der Waals surface area contributed by atoms with Gasteiger partial charge in [0.05, 0.1) is 6.17 Å². The Morgan fingerprint density at radius 1 is 0.667 bits per heavy atom. The summed E-state index contributed by atoms with van der Waals surface area (Å²) in [5.74, 6) is 4.82. The fourth-order valence-corrected chi connectivity index (χ4v) is 6.85. The van der Waals surface area contributed by atoms with E-state index >= 15 is 0 Å². The Kier molecular flexibility index (Phi) is 9.74. The minimum atomic E-state index is 0.369. The lowest BCUT2D eigenvalue weighted by molar-refractivity contribution is 0.0945. The fourth-order valence-electron chi connectivity index (χ4n) is 6.85. The van der Waals surface area contributed by atoms with Gasteiger partial charge in [0.15, 0.2) is 0 Å². The molecule has 0 saturated heterocycles. The molecule has 3 atom stereocenters. The van der Waals surface area contributed by atoms with Gasteiger partial charge in [-0.3, -0.25) is 5.32 Å². The first kappa shape index (κ1) is 26.6. The predicted molar refractivity (Wildman–Crippen MR) is 146 cm³/mol. The summed E-state index contributed by atoms with van der Waals surface area (Å²) < 4.78 is 0. The Bertz CT molecular complexity index is 671. The molecule has 1 aromatic rings. The van der Waals surface area contributed by atoms with Crippen LogP contribution >= 0.6 is 0 Å². The summed E-state index contributed by atoms with van der Waals surface area (Å²) in [6.07, 6.45) is 11.4. The highest BCUT2D eigenvalue weighted by Crippen LogP contribution is 2.40. The van der Waals surface area contributed by atoms with E-state index in [1.807, 2.05) is 0 Å². The Balaban J connectivity index is 1.97. The van der Waals surface area contributed by atoms with Crippen molar-refractivity contribution in [3.63, 3.8) is 0 Å². The van der Waals surface area contributed by atoms with Crippen LogP contribution in [0.2, 0.25) is 0 Å². The molecular formula is C31H54N2. The van der Waals surface area contributed by atoms with Crippen molar-refractivity contribution in [2.45, 2.75) is 131 Å². The summed E-state index contributed by atoms with van der Waals surface area (Å²) in [6, 6.07) is 7.59. The number of para-hydroxylation sites is 1. The number of hydrogen-bond acceptors (Lipinski definition) is 2. The second-order valence-electron chi connectivity index (χ2n) is 12.6. The van der Waals surface area contributed by atoms with Gasteiger partial charge in [0, 0.05) is 11.7 Å². The molecule has 3 rings (SSSR count). The smallest absolute Gasteiger partial charge is 0.0799 e. The number of nitrogens with one attached hydrogen (secondary N) is 2. The molecule has 0 heterocycles. The second-order valence-corrected chi connectivity index (χ2v) is 12.6. The van der Waals surface area contributed by atoms with Crippen molar-refractivity contribution < 1.29 is 0 Å². The van der Waals surface area contributed by atoms with Crippen molar-refractivity contribution in [1.29, 1.82) is 0 Å².